The van der Waals surface area contributed by atoms with E-state index in [1.54, 1.807) is 0 Å². The van der Waals surface area contributed by atoms with E-state index in [0.29, 0.717) is 6.54 Å². The van der Waals surface area contributed by atoms with Crippen LogP contribution in [0.2, 0.25) is 0 Å². The zero-order valence-electron chi connectivity index (χ0n) is 8.09. The van der Waals surface area contributed by atoms with Crippen molar-refractivity contribution in [1.82, 2.24) is 4.90 Å². The van der Waals surface area contributed by atoms with Crippen LogP contribution < -0.4 is 0 Å². The molecular weight excluding hydrogens is 157 g/mol. The summed E-state index contributed by atoms with van der Waals surface area (Å²) in [4.78, 5) is 2.00. The van der Waals surface area contributed by atoms with Crippen LogP contribution in [0.1, 0.15) is 20.3 Å². The van der Waals surface area contributed by atoms with Gasteiger partial charge in [0.1, 0.15) is 6.17 Å². The van der Waals surface area contributed by atoms with Crippen molar-refractivity contribution < 1.29 is 9.13 Å². The van der Waals surface area contributed by atoms with E-state index >= 15 is 0 Å². The molecule has 0 bridgehead atoms. The van der Waals surface area contributed by atoms with Crippen molar-refractivity contribution >= 4 is 0 Å². The van der Waals surface area contributed by atoms with Gasteiger partial charge in [0.25, 0.3) is 0 Å². The quantitative estimate of drug-likeness (QED) is 0.630. The zero-order chi connectivity index (χ0) is 9.14. The molecule has 2 nitrogen and oxygen atoms in total. The minimum absolute atomic E-state index is 0.136. The van der Waals surface area contributed by atoms with Crippen molar-refractivity contribution in [3.05, 3.63) is 0 Å². The molecule has 1 aliphatic rings. The van der Waals surface area contributed by atoms with Crippen molar-refractivity contribution in [2.24, 2.45) is 0 Å². The number of halogens is 1. The molecule has 2 atom stereocenters. The lowest BCUT2D eigenvalue weighted by Crippen LogP contribution is -2.44. The van der Waals surface area contributed by atoms with Gasteiger partial charge in [0.05, 0.1) is 12.2 Å². The highest BCUT2D eigenvalue weighted by Crippen LogP contribution is 2.17. The van der Waals surface area contributed by atoms with Gasteiger partial charge in [-0.05, 0) is 27.3 Å². The molecule has 3 heteroatoms. The van der Waals surface area contributed by atoms with Crippen LogP contribution >= 0.6 is 0 Å². The second kappa shape index (κ2) is 4.19. The molecule has 0 aliphatic carbocycles. The van der Waals surface area contributed by atoms with Crippen LogP contribution in [0.3, 0.4) is 0 Å². The Morgan fingerprint density at radius 2 is 2.17 bits per heavy atom. The average Bonchev–Trinajstić information content (AvgIpc) is 1.94. The Balaban J connectivity index is 2.34. The maximum atomic E-state index is 13.3. The molecule has 0 N–H and O–H groups in total. The number of alkyl halides is 1. The molecule has 1 aliphatic heterocycles. The molecule has 0 spiro atoms. The van der Waals surface area contributed by atoms with Gasteiger partial charge in [-0.25, -0.2) is 4.39 Å². The van der Waals surface area contributed by atoms with Gasteiger partial charge in [-0.15, -0.1) is 0 Å². The van der Waals surface area contributed by atoms with E-state index in [1.165, 1.54) is 0 Å². The van der Waals surface area contributed by atoms with Gasteiger partial charge in [-0.1, -0.05) is 0 Å². The topological polar surface area (TPSA) is 12.5 Å². The maximum Gasteiger partial charge on any atom is 0.139 e. The first-order valence-electron chi connectivity index (χ1n) is 4.57. The Labute approximate surface area is 73.7 Å². The molecule has 2 unspecified atom stereocenters. The predicted octanol–water partition coefficient (Wildman–Crippen LogP) is 1.45. The van der Waals surface area contributed by atoms with Crippen molar-refractivity contribution in [2.45, 2.75) is 38.6 Å². The number of hydrogen-bond donors (Lipinski definition) is 0. The fourth-order valence-corrected chi connectivity index (χ4v) is 1.54. The van der Waals surface area contributed by atoms with Gasteiger partial charge in [0.15, 0.2) is 0 Å². The predicted molar refractivity (Wildman–Crippen MR) is 47.0 cm³/mol. The third-order valence-electron chi connectivity index (χ3n) is 2.13. The van der Waals surface area contributed by atoms with Gasteiger partial charge in [-0.2, -0.15) is 0 Å². The van der Waals surface area contributed by atoms with Crippen molar-refractivity contribution in [3.8, 4) is 0 Å². The largest absolute Gasteiger partial charge is 0.372 e. The van der Waals surface area contributed by atoms with Gasteiger partial charge in [0.2, 0.25) is 0 Å². The number of likely N-dealkylation sites (tertiary alicyclic amines) is 1. The van der Waals surface area contributed by atoms with Crippen LogP contribution in [-0.2, 0) is 4.74 Å². The second-order valence-electron chi connectivity index (χ2n) is 3.79. The maximum absolute atomic E-state index is 13.3. The van der Waals surface area contributed by atoms with Crippen LogP contribution in [0.25, 0.3) is 0 Å². The molecule has 0 aromatic rings. The molecule has 72 valence electrons. The molecule has 0 aromatic carbocycles. The summed E-state index contributed by atoms with van der Waals surface area (Å²) < 4.78 is 18.7. The van der Waals surface area contributed by atoms with Crippen LogP contribution in [0.4, 0.5) is 4.39 Å². The fraction of sp³-hybridized carbons (Fsp3) is 1.00. The molecule has 0 radical (unpaired) electrons. The summed E-state index contributed by atoms with van der Waals surface area (Å²) in [5, 5.41) is 0. The Morgan fingerprint density at radius 3 is 2.67 bits per heavy atom. The summed E-state index contributed by atoms with van der Waals surface area (Å²) in [5.41, 5.74) is 0. The lowest BCUT2D eigenvalue weighted by atomic mass is 10.1. The van der Waals surface area contributed by atoms with E-state index in [9.17, 15) is 4.39 Å². The standard InChI is InChI=1S/C9H18FNO/c1-7(2)12-9-4-5-11(3)6-8(9)10/h7-9H,4-6H2,1-3H3. The van der Waals surface area contributed by atoms with Gasteiger partial charge in [-0.3, -0.25) is 0 Å². The van der Waals surface area contributed by atoms with Crippen LogP contribution in [0.15, 0.2) is 0 Å². The number of ether oxygens (including phenoxy) is 1. The Morgan fingerprint density at radius 1 is 1.50 bits per heavy atom. The highest BCUT2D eigenvalue weighted by atomic mass is 19.1. The minimum atomic E-state index is -0.814. The Kier molecular flexibility index (Phi) is 3.47. The SMILES string of the molecule is CC(C)OC1CCN(C)CC1F. The van der Waals surface area contributed by atoms with Crippen LogP contribution in [-0.4, -0.2) is 43.4 Å². The van der Waals surface area contributed by atoms with Crippen molar-refractivity contribution in [1.29, 1.82) is 0 Å². The summed E-state index contributed by atoms with van der Waals surface area (Å²) in [6.45, 7) is 5.35. The molecule has 0 aromatic heterocycles. The molecule has 0 saturated carbocycles. The number of nitrogens with zero attached hydrogens (tertiary/aromatic N) is 1. The number of piperidine rings is 1. The first kappa shape index (κ1) is 9.93. The smallest absolute Gasteiger partial charge is 0.139 e. The van der Waals surface area contributed by atoms with E-state index in [4.69, 9.17) is 4.74 Å². The minimum Gasteiger partial charge on any atom is -0.372 e. The highest BCUT2D eigenvalue weighted by molar-refractivity contribution is 4.79. The first-order valence-corrected chi connectivity index (χ1v) is 4.57. The summed E-state index contributed by atoms with van der Waals surface area (Å²) in [6.07, 6.45) is -0.0421. The molecule has 12 heavy (non-hydrogen) atoms. The van der Waals surface area contributed by atoms with E-state index < -0.39 is 6.17 Å². The summed E-state index contributed by atoms with van der Waals surface area (Å²) in [6, 6.07) is 0. The third kappa shape index (κ3) is 2.72. The average molecular weight is 175 g/mol. The van der Waals surface area contributed by atoms with Crippen molar-refractivity contribution in [3.63, 3.8) is 0 Å². The van der Waals surface area contributed by atoms with E-state index in [0.717, 1.165) is 13.0 Å². The zero-order valence-corrected chi connectivity index (χ0v) is 8.09. The number of rotatable bonds is 2. The third-order valence-corrected chi connectivity index (χ3v) is 2.13. The van der Waals surface area contributed by atoms with Gasteiger partial charge < -0.3 is 9.64 Å². The Bertz CT molecular complexity index is 140. The molecule has 1 heterocycles. The molecule has 1 saturated heterocycles. The molecule has 0 amide bonds. The summed E-state index contributed by atoms with van der Waals surface area (Å²) in [7, 11) is 1.94. The van der Waals surface area contributed by atoms with Crippen LogP contribution in [0.5, 0.6) is 0 Å². The molecular formula is C9H18FNO. The highest BCUT2D eigenvalue weighted by Gasteiger charge is 2.28. The summed E-state index contributed by atoms with van der Waals surface area (Å²) >= 11 is 0. The Hall–Kier alpha value is -0.150. The molecule has 1 rings (SSSR count). The van der Waals surface area contributed by atoms with Gasteiger partial charge >= 0.3 is 0 Å². The number of hydrogen-bond acceptors (Lipinski definition) is 2. The molecule has 1 fully saturated rings. The van der Waals surface area contributed by atoms with Gasteiger partial charge in [0, 0.05) is 13.1 Å². The van der Waals surface area contributed by atoms with Crippen LogP contribution in [0, 0.1) is 0 Å². The van der Waals surface area contributed by atoms with Crippen molar-refractivity contribution in [2.75, 3.05) is 20.1 Å². The lowest BCUT2D eigenvalue weighted by molar-refractivity contribution is -0.0678. The monoisotopic (exact) mass is 175 g/mol. The first-order chi connectivity index (χ1) is 5.59. The lowest BCUT2D eigenvalue weighted by Gasteiger charge is -2.33. The van der Waals surface area contributed by atoms with E-state index in [2.05, 4.69) is 0 Å². The normalized spacial score (nSPS) is 32.8. The second-order valence-corrected chi connectivity index (χ2v) is 3.79. The summed E-state index contributed by atoms with van der Waals surface area (Å²) in [5.74, 6) is 0. The van der Waals surface area contributed by atoms with E-state index in [-0.39, 0.29) is 12.2 Å². The van der Waals surface area contributed by atoms with E-state index in [1.807, 2.05) is 25.8 Å². The fourth-order valence-electron chi connectivity index (χ4n) is 1.54.